The van der Waals surface area contributed by atoms with Crippen LogP contribution in [0.2, 0.25) is 0 Å². The highest BCUT2D eigenvalue weighted by molar-refractivity contribution is 6.34. The van der Waals surface area contributed by atoms with Crippen LogP contribution in [0.15, 0.2) is 18.2 Å². The molecule has 0 fully saturated rings. The maximum atomic E-state index is 13.0. The first-order valence-electron chi connectivity index (χ1n) is 4.46. The lowest BCUT2D eigenvalue weighted by atomic mass is 9.91. The molecule has 0 aliphatic carbocycles. The number of amides is 1. The number of ether oxygens (including phenoxy) is 1. The van der Waals surface area contributed by atoms with Crippen molar-refractivity contribution < 1.29 is 13.9 Å². The topological polar surface area (TPSA) is 52.3 Å². The minimum Gasteiger partial charge on any atom is -0.493 e. The van der Waals surface area contributed by atoms with Gasteiger partial charge in [-0.25, -0.2) is 4.39 Å². The summed E-state index contributed by atoms with van der Waals surface area (Å²) in [5.41, 5.74) is 5.53. The maximum absolute atomic E-state index is 13.0. The van der Waals surface area contributed by atoms with E-state index in [0.717, 1.165) is 0 Å². The SMILES string of the molecule is NC(=O)C1(Cl)CCOc2ccc(F)cc21. The van der Waals surface area contributed by atoms with Crippen molar-refractivity contribution in [3.8, 4) is 5.75 Å². The van der Waals surface area contributed by atoms with Crippen molar-refractivity contribution in [2.45, 2.75) is 11.3 Å². The van der Waals surface area contributed by atoms with Crippen LogP contribution in [0.25, 0.3) is 0 Å². The van der Waals surface area contributed by atoms with Gasteiger partial charge in [-0.3, -0.25) is 4.79 Å². The molecule has 80 valence electrons. The molecule has 0 saturated heterocycles. The van der Waals surface area contributed by atoms with Crippen molar-refractivity contribution in [3.05, 3.63) is 29.6 Å². The Labute approximate surface area is 91.0 Å². The average Bonchev–Trinajstić information content (AvgIpc) is 2.19. The van der Waals surface area contributed by atoms with Gasteiger partial charge >= 0.3 is 0 Å². The second-order valence-electron chi connectivity index (χ2n) is 3.40. The standard InChI is InChI=1S/C10H9ClFNO2/c11-10(9(13)14)3-4-15-8-2-1-6(12)5-7(8)10/h1-2,5H,3-4H2,(H2,13,14). The molecule has 1 heterocycles. The fraction of sp³-hybridized carbons (Fsp3) is 0.300. The van der Waals surface area contributed by atoms with Crippen LogP contribution in [0.3, 0.4) is 0 Å². The summed E-state index contributed by atoms with van der Waals surface area (Å²) in [6.45, 7) is 0.297. The quantitative estimate of drug-likeness (QED) is 0.743. The molecule has 1 aliphatic heterocycles. The van der Waals surface area contributed by atoms with Gasteiger partial charge in [0.1, 0.15) is 11.6 Å². The lowest BCUT2D eigenvalue weighted by Gasteiger charge is -2.30. The van der Waals surface area contributed by atoms with E-state index < -0.39 is 16.6 Å². The summed E-state index contributed by atoms with van der Waals surface area (Å²) in [7, 11) is 0. The van der Waals surface area contributed by atoms with Crippen LogP contribution in [0.1, 0.15) is 12.0 Å². The zero-order chi connectivity index (χ0) is 11.1. The zero-order valence-corrected chi connectivity index (χ0v) is 8.55. The van der Waals surface area contributed by atoms with Gasteiger partial charge in [-0.15, -0.1) is 11.6 Å². The van der Waals surface area contributed by atoms with Crippen LogP contribution in [0, 0.1) is 5.82 Å². The molecule has 1 aromatic carbocycles. The molecule has 0 bridgehead atoms. The van der Waals surface area contributed by atoms with Crippen LogP contribution >= 0.6 is 11.6 Å². The molecule has 3 nitrogen and oxygen atoms in total. The van der Waals surface area contributed by atoms with E-state index in [9.17, 15) is 9.18 Å². The van der Waals surface area contributed by atoms with E-state index in [2.05, 4.69) is 0 Å². The summed E-state index contributed by atoms with van der Waals surface area (Å²) in [6.07, 6.45) is 0.250. The second kappa shape index (κ2) is 3.38. The van der Waals surface area contributed by atoms with E-state index in [-0.39, 0.29) is 6.42 Å². The third-order valence-electron chi connectivity index (χ3n) is 2.46. The predicted molar refractivity (Wildman–Crippen MR) is 53.2 cm³/mol. The van der Waals surface area contributed by atoms with E-state index in [0.29, 0.717) is 17.9 Å². The highest BCUT2D eigenvalue weighted by Crippen LogP contribution is 2.42. The van der Waals surface area contributed by atoms with E-state index in [4.69, 9.17) is 22.1 Å². The Balaban J connectivity index is 2.59. The largest absolute Gasteiger partial charge is 0.493 e. The van der Waals surface area contributed by atoms with E-state index in [1.54, 1.807) is 0 Å². The first-order valence-corrected chi connectivity index (χ1v) is 4.83. The maximum Gasteiger partial charge on any atom is 0.243 e. The lowest BCUT2D eigenvalue weighted by molar-refractivity contribution is -0.121. The molecule has 0 saturated carbocycles. The fourth-order valence-corrected chi connectivity index (χ4v) is 1.85. The summed E-state index contributed by atoms with van der Waals surface area (Å²) < 4.78 is 18.3. The first-order chi connectivity index (χ1) is 7.04. The van der Waals surface area contributed by atoms with Crippen molar-refractivity contribution in [1.82, 2.24) is 0 Å². The summed E-state index contributed by atoms with van der Waals surface area (Å²) in [6, 6.07) is 3.89. The Morgan fingerprint density at radius 2 is 2.33 bits per heavy atom. The normalized spacial score (nSPS) is 24.1. The summed E-state index contributed by atoms with van der Waals surface area (Å²) in [5, 5.41) is 0. The molecule has 5 heteroatoms. The predicted octanol–water partition coefficient (Wildman–Crippen LogP) is 1.53. The number of hydrogen-bond acceptors (Lipinski definition) is 2. The Morgan fingerprint density at radius 3 is 3.00 bits per heavy atom. The number of rotatable bonds is 1. The van der Waals surface area contributed by atoms with Crippen molar-refractivity contribution in [2.24, 2.45) is 5.73 Å². The highest BCUT2D eigenvalue weighted by atomic mass is 35.5. The number of fused-ring (bicyclic) bond motifs is 1. The summed E-state index contributed by atoms with van der Waals surface area (Å²) in [4.78, 5) is 9.91. The third-order valence-corrected chi connectivity index (χ3v) is 3.04. The van der Waals surface area contributed by atoms with Crippen LogP contribution in [0.4, 0.5) is 4.39 Å². The molecule has 15 heavy (non-hydrogen) atoms. The van der Waals surface area contributed by atoms with E-state index in [1.807, 2.05) is 0 Å². The van der Waals surface area contributed by atoms with Gasteiger partial charge in [-0.2, -0.15) is 0 Å². The summed E-state index contributed by atoms with van der Waals surface area (Å²) >= 11 is 6.09. The van der Waals surface area contributed by atoms with E-state index >= 15 is 0 Å². The molecule has 1 aromatic rings. The molecule has 1 atom stereocenters. The van der Waals surface area contributed by atoms with Gasteiger partial charge in [0.05, 0.1) is 6.61 Å². The fourth-order valence-electron chi connectivity index (χ4n) is 1.63. The van der Waals surface area contributed by atoms with Gasteiger partial charge in [-0.1, -0.05) is 0 Å². The Hall–Kier alpha value is -1.29. The first kappa shape index (κ1) is 10.2. The Kier molecular flexibility index (Phi) is 2.31. The Bertz CT molecular complexity index is 424. The van der Waals surface area contributed by atoms with Gasteiger partial charge < -0.3 is 10.5 Å². The van der Waals surface area contributed by atoms with E-state index in [1.165, 1.54) is 18.2 Å². The molecular weight excluding hydrogens is 221 g/mol. The van der Waals surface area contributed by atoms with Gasteiger partial charge in [0, 0.05) is 12.0 Å². The third kappa shape index (κ3) is 1.55. The van der Waals surface area contributed by atoms with Crippen LogP contribution in [-0.4, -0.2) is 12.5 Å². The molecule has 1 amide bonds. The molecule has 0 radical (unpaired) electrons. The Morgan fingerprint density at radius 1 is 1.60 bits per heavy atom. The number of carbonyl (C=O) groups is 1. The van der Waals surface area contributed by atoms with Crippen molar-refractivity contribution >= 4 is 17.5 Å². The molecule has 1 aliphatic rings. The molecule has 0 aromatic heterocycles. The number of nitrogens with two attached hydrogens (primary N) is 1. The van der Waals surface area contributed by atoms with Gasteiger partial charge in [-0.05, 0) is 18.2 Å². The van der Waals surface area contributed by atoms with Crippen molar-refractivity contribution in [1.29, 1.82) is 0 Å². The number of alkyl halides is 1. The van der Waals surface area contributed by atoms with Crippen molar-refractivity contribution in [3.63, 3.8) is 0 Å². The number of hydrogen-bond donors (Lipinski definition) is 1. The second-order valence-corrected chi connectivity index (χ2v) is 4.05. The smallest absolute Gasteiger partial charge is 0.243 e. The summed E-state index contributed by atoms with van der Waals surface area (Å²) in [5.74, 6) is -0.735. The number of primary amides is 1. The molecule has 1 unspecified atom stereocenters. The van der Waals surface area contributed by atoms with Crippen molar-refractivity contribution in [2.75, 3.05) is 6.61 Å². The van der Waals surface area contributed by atoms with Crippen LogP contribution in [0.5, 0.6) is 5.75 Å². The van der Waals surface area contributed by atoms with Crippen LogP contribution < -0.4 is 10.5 Å². The van der Waals surface area contributed by atoms with Gasteiger partial charge in [0.2, 0.25) is 5.91 Å². The molecule has 2 rings (SSSR count). The zero-order valence-electron chi connectivity index (χ0n) is 7.80. The average molecular weight is 230 g/mol. The number of halogens is 2. The number of carbonyl (C=O) groups excluding carboxylic acids is 1. The monoisotopic (exact) mass is 229 g/mol. The minimum absolute atomic E-state index is 0.250. The molecular formula is C10H9ClFNO2. The van der Waals surface area contributed by atoms with Crippen LogP contribution in [-0.2, 0) is 9.67 Å². The molecule has 0 spiro atoms. The van der Waals surface area contributed by atoms with Gasteiger partial charge in [0.15, 0.2) is 4.87 Å². The van der Waals surface area contributed by atoms with Gasteiger partial charge in [0.25, 0.3) is 0 Å². The lowest BCUT2D eigenvalue weighted by Crippen LogP contribution is -2.40. The highest BCUT2D eigenvalue weighted by Gasteiger charge is 2.41. The molecule has 2 N–H and O–H groups in total. The number of benzene rings is 1. The minimum atomic E-state index is -1.35.